The summed E-state index contributed by atoms with van der Waals surface area (Å²) in [4.78, 5) is 0. The summed E-state index contributed by atoms with van der Waals surface area (Å²) in [5.41, 5.74) is 7.01. The number of aryl methyl sites for hydroxylation is 3. The highest BCUT2D eigenvalue weighted by Crippen LogP contribution is 2.37. The lowest BCUT2D eigenvalue weighted by Gasteiger charge is -2.13. The first-order chi connectivity index (χ1) is 12.2. The van der Waals surface area contributed by atoms with E-state index >= 15 is 0 Å². The van der Waals surface area contributed by atoms with Crippen LogP contribution in [0.15, 0.2) is 48.7 Å². The molecule has 128 valence electrons. The molecule has 1 fully saturated rings. The first-order valence-electron chi connectivity index (χ1n) is 9.69. The zero-order valence-corrected chi connectivity index (χ0v) is 15.7. The Bertz CT molecular complexity index is 917. The predicted octanol–water partition coefficient (Wildman–Crippen LogP) is 5.86. The summed E-state index contributed by atoms with van der Waals surface area (Å²) in [5, 5.41) is 2.73. The largest absolute Gasteiger partial charge is 0.220 e. The first kappa shape index (κ1) is 16.3. The monoisotopic (exact) mass is 330 g/mol. The average molecular weight is 330 g/mol. The van der Waals surface area contributed by atoms with E-state index in [1.54, 1.807) is 0 Å². The fourth-order valence-corrected chi connectivity index (χ4v) is 4.44. The lowest BCUT2D eigenvalue weighted by molar-refractivity contribution is -0.659. The zero-order valence-electron chi connectivity index (χ0n) is 15.7. The zero-order chi connectivity index (χ0) is 17.4. The summed E-state index contributed by atoms with van der Waals surface area (Å²) in [5.74, 6) is 0.756. The first-order valence-corrected chi connectivity index (χ1v) is 9.69. The van der Waals surface area contributed by atoms with Gasteiger partial charge in [-0.2, -0.15) is 0 Å². The van der Waals surface area contributed by atoms with Crippen molar-refractivity contribution in [3.63, 3.8) is 0 Å². The maximum Gasteiger partial charge on any atom is 0.220 e. The summed E-state index contributed by atoms with van der Waals surface area (Å²) >= 11 is 0. The van der Waals surface area contributed by atoms with Crippen LogP contribution in [-0.4, -0.2) is 0 Å². The Labute approximate surface area is 151 Å². The van der Waals surface area contributed by atoms with Crippen molar-refractivity contribution in [2.75, 3.05) is 0 Å². The number of nitrogens with zero attached hydrogens (tertiary/aromatic N) is 1. The van der Waals surface area contributed by atoms with Crippen LogP contribution in [0.25, 0.3) is 22.0 Å². The Balaban J connectivity index is 1.92. The Morgan fingerprint density at radius 2 is 1.80 bits per heavy atom. The molecule has 3 aromatic rings. The second-order valence-corrected chi connectivity index (χ2v) is 7.61. The molecule has 1 saturated carbocycles. The van der Waals surface area contributed by atoms with Gasteiger partial charge in [-0.15, -0.1) is 0 Å². The number of fused-ring (bicyclic) bond motifs is 1. The van der Waals surface area contributed by atoms with Crippen molar-refractivity contribution < 1.29 is 4.57 Å². The van der Waals surface area contributed by atoms with Gasteiger partial charge in [0.2, 0.25) is 5.69 Å². The van der Waals surface area contributed by atoms with Crippen molar-refractivity contribution in [3.05, 3.63) is 65.4 Å². The lowest BCUT2D eigenvalue weighted by Crippen LogP contribution is -2.30. The van der Waals surface area contributed by atoms with Gasteiger partial charge >= 0.3 is 0 Å². The summed E-state index contributed by atoms with van der Waals surface area (Å²) < 4.78 is 2.29. The van der Waals surface area contributed by atoms with Crippen LogP contribution in [0.5, 0.6) is 0 Å². The molecule has 0 radical (unpaired) electrons. The van der Waals surface area contributed by atoms with E-state index in [0.29, 0.717) is 0 Å². The maximum absolute atomic E-state index is 2.47. The molecule has 0 atom stereocenters. The molecule has 25 heavy (non-hydrogen) atoms. The predicted molar refractivity (Wildman–Crippen MR) is 106 cm³/mol. The summed E-state index contributed by atoms with van der Waals surface area (Å²) in [7, 11) is 2.17. The third kappa shape index (κ3) is 2.97. The highest BCUT2D eigenvalue weighted by atomic mass is 14.9. The van der Waals surface area contributed by atoms with Crippen molar-refractivity contribution in [1.82, 2.24) is 0 Å². The number of aromatic nitrogens is 1. The van der Waals surface area contributed by atoms with Crippen LogP contribution in [0.1, 0.15) is 55.2 Å². The molecule has 0 spiro atoms. The van der Waals surface area contributed by atoms with E-state index in [0.717, 1.165) is 12.3 Å². The molecule has 1 heteroatoms. The van der Waals surface area contributed by atoms with Crippen LogP contribution in [0.2, 0.25) is 0 Å². The summed E-state index contributed by atoms with van der Waals surface area (Å²) in [6, 6.07) is 16.3. The third-order valence-electron chi connectivity index (χ3n) is 5.94. The van der Waals surface area contributed by atoms with E-state index in [9.17, 15) is 0 Å². The summed E-state index contributed by atoms with van der Waals surface area (Å²) in [6.45, 7) is 4.47. The molecule has 1 aliphatic rings. The fraction of sp³-hybridized carbons (Fsp3) is 0.375. The molecule has 1 heterocycles. The minimum atomic E-state index is 0.756. The number of pyridine rings is 1. The molecule has 1 aromatic heterocycles. The highest BCUT2D eigenvalue weighted by Gasteiger charge is 2.21. The highest BCUT2D eigenvalue weighted by molar-refractivity contribution is 5.94. The van der Waals surface area contributed by atoms with Crippen LogP contribution in [-0.2, 0) is 13.5 Å². The molecular formula is C24H28N+. The van der Waals surface area contributed by atoms with Gasteiger partial charge in [0.15, 0.2) is 6.20 Å². The van der Waals surface area contributed by atoms with Gasteiger partial charge in [0.1, 0.15) is 7.05 Å². The standard InChI is InChI=1S/C24H28N/c1-4-18-9-12-22(17(2)15-18)24-23-16-21(19-7-5-6-8-19)11-10-20(23)13-14-25(24)3/h9-16,19H,4-8H2,1-3H3/q+1. The molecule has 2 aromatic carbocycles. The van der Waals surface area contributed by atoms with E-state index in [1.807, 2.05) is 0 Å². The molecule has 4 rings (SSSR count). The smallest absolute Gasteiger partial charge is 0.200 e. The van der Waals surface area contributed by atoms with Gasteiger partial charge < -0.3 is 0 Å². The van der Waals surface area contributed by atoms with Crippen molar-refractivity contribution in [3.8, 4) is 11.3 Å². The maximum atomic E-state index is 2.47. The van der Waals surface area contributed by atoms with Gasteiger partial charge in [-0.3, -0.25) is 0 Å². The van der Waals surface area contributed by atoms with Crippen molar-refractivity contribution >= 4 is 10.8 Å². The molecule has 0 unspecified atom stereocenters. The van der Waals surface area contributed by atoms with E-state index in [4.69, 9.17) is 0 Å². The molecule has 0 saturated heterocycles. The second-order valence-electron chi connectivity index (χ2n) is 7.61. The minimum absolute atomic E-state index is 0.756. The van der Waals surface area contributed by atoms with Crippen LogP contribution in [0.3, 0.4) is 0 Å². The summed E-state index contributed by atoms with van der Waals surface area (Å²) in [6.07, 6.45) is 8.76. The van der Waals surface area contributed by atoms with E-state index < -0.39 is 0 Å². The van der Waals surface area contributed by atoms with Crippen LogP contribution in [0.4, 0.5) is 0 Å². The van der Waals surface area contributed by atoms with E-state index in [1.165, 1.54) is 64.4 Å². The number of rotatable bonds is 3. The van der Waals surface area contributed by atoms with Crippen LogP contribution in [0, 0.1) is 6.92 Å². The molecule has 0 bridgehead atoms. The minimum Gasteiger partial charge on any atom is -0.200 e. The van der Waals surface area contributed by atoms with E-state index in [2.05, 4.69) is 74.1 Å². The molecule has 0 aliphatic heterocycles. The Morgan fingerprint density at radius 1 is 1.00 bits per heavy atom. The normalized spacial score (nSPS) is 15.2. The second kappa shape index (κ2) is 6.63. The molecular weight excluding hydrogens is 302 g/mol. The van der Waals surface area contributed by atoms with Gasteiger partial charge in [0.25, 0.3) is 0 Å². The van der Waals surface area contributed by atoms with Gasteiger partial charge in [-0.1, -0.05) is 44.0 Å². The van der Waals surface area contributed by atoms with Gasteiger partial charge in [-0.25, -0.2) is 4.57 Å². The van der Waals surface area contributed by atoms with Crippen molar-refractivity contribution in [2.45, 2.75) is 51.9 Å². The SMILES string of the molecule is CCc1ccc(-c2c3cc(C4CCCC4)ccc3cc[n+]2C)c(C)c1. The van der Waals surface area contributed by atoms with Crippen molar-refractivity contribution in [2.24, 2.45) is 7.05 Å². The molecule has 1 aliphatic carbocycles. The molecule has 1 nitrogen and oxygen atoms in total. The van der Waals surface area contributed by atoms with E-state index in [-0.39, 0.29) is 0 Å². The quantitative estimate of drug-likeness (QED) is 0.530. The molecule has 0 N–H and O–H groups in total. The van der Waals surface area contributed by atoms with Gasteiger partial charge in [0, 0.05) is 11.6 Å². The lowest BCUT2D eigenvalue weighted by atomic mass is 9.92. The molecule has 0 amide bonds. The Hall–Kier alpha value is -2.15. The number of hydrogen-bond acceptors (Lipinski definition) is 0. The third-order valence-corrected chi connectivity index (χ3v) is 5.94. The average Bonchev–Trinajstić information content (AvgIpc) is 3.16. The Morgan fingerprint density at radius 3 is 2.52 bits per heavy atom. The number of benzene rings is 2. The topological polar surface area (TPSA) is 3.88 Å². The van der Waals surface area contributed by atoms with Gasteiger partial charge in [-0.05, 0) is 66.3 Å². The van der Waals surface area contributed by atoms with Crippen LogP contribution >= 0.6 is 0 Å². The number of hydrogen-bond donors (Lipinski definition) is 0. The van der Waals surface area contributed by atoms with Gasteiger partial charge in [0.05, 0.1) is 5.39 Å². The van der Waals surface area contributed by atoms with Crippen molar-refractivity contribution in [1.29, 1.82) is 0 Å². The van der Waals surface area contributed by atoms with Crippen LogP contribution < -0.4 is 4.57 Å². The fourth-order valence-electron chi connectivity index (χ4n) is 4.44. The Kier molecular flexibility index (Phi) is 4.33.